The zero-order valence-corrected chi connectivity index (χ0v) is 18.3. The van der Waals surface area contributed by atoms with Crippen LogP contribution >= 0.6 is 0 Å². The van der Waals surface area contributed by atoms with Crippen LogP contribution in [-0.2, 0) is 21.4 Å². The van der Waals surface area contributed by atoms with Gasteiger partial charge in [0.25, 0.3) is 5.69 Å². The summed E-state index contributed by atoms with van der Waals surface area (Å²) in [7, 11) is 0.514. The third kappa shape index (κ3) is 5.98. The molecule has 1 N–H and O–H groups in total. The van der Waals surface area contributed by atoms with Crippen LogP contribution in [0.5, 0.6) is 17.2 Å². The molecule has 0 aromatic heterocycles. The van der Waals surface area contributed by atoms with Crippen molar-refractivity contribution in [2.75, 3.05) is 38.4 Å². The van der Waals surface area contributed by atoms with Crippen molar-refractivity contribution in [2.45, 2.75) is 6.54 Å². The molecule has 0 radical (unpaired) electrons. The van der Waals surface area contributed by atoms with Crippen LogP contribution in [0.4, 0.5) is 11.4 Å². The van der Waals surface area contributed by atoms with Gasteiger partial charge in [-0.05, 0) is 23.8 Å². The number of hydrogen-bond donors (Lipinski definition) is 1. The Labute approximate surface area is 179 Å². The molecular weight excluding hydrogens is 430 g/mol. The minimum atomic E-state index is -3.88. The Morgan fingerprint density at radius 3 is 2.19 bits per heavy atom. The van der Waals surface area contributed by atoms with E-state index in [-0.39, 0.29) is 17.9 Å². The first-order valence-electron chi connectivity index (χ1n) is 8.88. The van der Waals surface area contributed by atoms with Crippen LogP contribution in [0.1, 0.15) is 5.56 Å². The smallest absolute Gasteiger partial charge is 0.271 e. The number of ether oxygens (including phenoxy) is 3. The first-order valence-corrected chi connectivity index (χ1v) is 10.7. The van der Waals surface area contributed by atoms with E-state index in [1.54, 1.807) is 12.1 Å². The van der Waals surface area contributed by atoms with E-state index < -0.39 is 27.4 Å². The van der Waals surface area contributed by atoms with Crippen LogP contribution in [-0.4, -0.2) is 53.4 Å². The Kier molecular flexibility index (Phi) is 7.64. The van der Waals surface area contributed by atoms with E-state index in [1.807, 2.05) is 0 Å². The lowest BCUT2D eigenvalue weighted by Crippen LogP contribution is -2.40. The van der Waals surface area contributed by atoms with Crippen molar-refractivity contribution in [3.05, 3.63) is 52.1 Å². The predicted molar refractivity (Wildman–Crippen MR) is 113 cm³/mol. The number of nitrogens with zero attached hydrogens (tertiary/aromatic N) is 2. The molecule has 0 heterocycles. The molecule has 0 aliphatic rings. The topological polar surface area (TPSA) is 137 Å². The van der Waals surface area contributed by atoms with Crippen LogP contribution in [0.3, 0.4) is 0 Å². The monoisotopic (exact) mass is 453 g/mol. The summed E-state index contributed by atoms with van der Waals surface area (Å²) in [6, 6.07) is 8.34. The number of nitro groups is 1. The fraction of sp³-hybridized carbons (Fsp3) is 0.316. The lowest BCUT2D eigenvalue weighted by Gasteiger charge is -2.22. The van der Waals surface area contributed by atoms with Crippen LogP contribution in [0, 0.1) is 10.1 Å². The van der Waals surface area contributed by atoms with Gasteiger partial charge < -0.3 is 19.5 Å². The molecule has 0 saturated heterocycles. The van der Waals surface area contributed by atoms with Crippen molar-refractivity contribution in [2.24, 2.45) is 0 Å². The van der Waals surface area contributed by atoms with Crippen molar-refractivity contribution in [3.8, 4) is 17.2 Å². The molecule has 168 valence electrons. The third-order valence-electron chi connectivity index (χ3n) is 4.23. The fourth-order valence-corrected chi connectivity index (χ4v) is 3.63. The number of hydrogen-bond acceptors (Lipinski definition) is 8. The molecule has 0 unspecified atom stereocenters. The van der Waals surface area contributed by atoms with Crippen molar-refractivity contribution in [1.29, 1.82) is 0 Å². The number of benzene rings is 2. The van der Waals surface area contributed by atoms with Gasteiger partial charge in [-0.3, -0.25) is 19.2 Å². The van der Waals surface area contributed by atoms with E-state index in [1.165, 1.54) is 39.5 Å². The summed E-state index contributed by atoms with van der Waals surface area (Å²) in [5.41, 5.74) is 0.354. The van der Waals surface area contributed by atoms with Crippen molar-refractivity contribution < 1.29 is 32.3 Å². The number of rotatable bonds is 10. The normalized spacial score (nSPS) is 10.8. The zero-order valence-electron chi connectivity index (χ0n) is 17.4. The Morgan fingerprint density at radius 1 is 1.10 bits per heavy atom. The molecule has 0 spiro atoms. The molecule has 2 aromatic carbocycles. The number of nitro benzene ring substituents is 1. The lowest BCUT2D eigenvalue weighted by atomic mass is 10.1. The zero-order chi connectivity index (χ0) is 23.2. The molecule has 0 fully saturated rings. The summed E-state index contributed by atoms with van der Waals surface area (Å²) in [6.45, 7) is -0.494. The number of methoxy groups -OCH3 is 3. The second-order valence-electron chi connectivity index (χ2n) is 6.36. The standard InChI is InChI=1S/C19H23N3O8S/c1-28-16-8-13(9-17(29-2)19(16)30-3)11-20-18(23)12-21(31(4,26)27)14-6-5-7-15(10-14)22(24)25/h5-10H,11-12H2,1-4H3,(H,20,23). The third-order valence-corrected chi connectivity index (χ3v) is 5.37. The summed E-state index contributed by atoms with van der Waals surface area (Å²) in [5.74, 6) is 0.598. The molecular formula is C19H23N3O8S. The molecule has 31 heavy (non-hydrogen) atoms. The van der Waals surface area contributed by atoms with Gasteiger partial charge >= 0.3 is 0 Å². The van der Waals surface area contributed by atoms with Gasteiger partial charge in [0.2, 0.25) is 21.7 Å². The number of carbonyl (C=O) groups is 1. The van der Waals surface area contributed by atoms with E-state index in [9.17, 15) is 23.3 Å². The molecule has 0 aliphatic carbocycles. The Bertz CT molecular complexity index is 1050. The van der Waals surface area contributed by atoms with E-state index in [4.69, 9.17) is 14.2 Å². The quantitative estimate of drug-likeness (QED) is 0.424. The SMILES string of the molecule is COc1cc(CNC(=O)CN(c2cccc([N+](=O)[O-])c2)S(C)(=O)=O)cc(OC)c1OC. The fourth-order valence-electron chi connectivity index (χ4n) is 2.79. The van der Waals surface area contributed by atoms with Crippen LogP contribution < -0.4 is 23.8 Å². The van der Waals surface area contributed by atoms with Gasteiger partial charge in [-0.15, -0.1) is 0 Å². The minimum absolute atomic E-state index is 0.0136. The number of amides is 1. The molecule has 11 nitrogen and oxygen atoms in total. The molecule has 2 aromatic rings. The van der Waals surface area contributed by atoms with Crippen molar-refractivity contribution >= 4 is 27.3 Å². The summed E-state index contributed by atoms with van der Waals surface area (Å²) >= 11 is 0. The number of non-ortho nitro benzene ring substituents is 1. The molecule has 12 heteroatoms. The van der Waals surface area contributed by atoms with Crippen LogP contribution in [0.15, 0.2) is 36.4 Å². The van der Waals surface area contributed by atoms with Crippen molar-refractivity contribution in [3.63, 3.8) is 0 Å². The molecule has 0 saturated carbocycles. The van der Waals surface area contributed by atoms with Crippen LogP contribution in [0.25, 0.3) is 0 Å². The highest BCUT2D eigenvalue weighted by Gasteiger charge is 2.23. The minimum Gasteiger partial charge on any atom is -0.493 e. The second kappa shape index (κ2) is 9.98. The maximum atomic E-state index is 12.5. The maximum Gasteiger partial charge on any atom is 0.271 e. The average Bonchev–Trinajstić information content (AvgIpc) is 2.74. The van der Waals surface area contributed by atoms with Crippen molar-refractivity contribution in [1.82, 2.24) is 5.32 Å². The summed E-state index contributed by atoms with van der Waals surface area (Å²) in [4.78, 5) is 22.8. The summed E-state index contributed by atoms with van der Waals surface area (Å²) in [5, 5.41) is 13.6. The molecule has 0 bridgehead atoms. The number of anilines is 1. The highest BCUT2D eigenvalue weighted by atomic mass is 32.2. The van der Waals surface area contributed by atoms with E-state index in [0.29, 0.717) is 22.8 Å². The van der Waals surface area contributed by atoms with Gasteiger partial charge in [0, 0.05) is 18.7 Å². The molecule has 0 aliphatic heterocycles. The Morgan fingerprint density at radius 2 is 1.71 bits per heavy atom. The average molecular weight is 453 g/mol. The Hall–Kier alpha value is -3.54. The Balaban J connectivity index is 2.19. The van der Waals surface area contributed by atoms with Gasteiger partial charge in [0.15, 0.2) is 11.5 Å². The lowest BCUT2D eigenvalue weighted by molar-refractivity contribution is -0.384. The molecule has 1 amide bonds. The summed E-state index contributed by atoms with van der Waals surface area (Å²) < 4.78 is 40.9. The molecule has 0 atom stereocenters. The highest BCUT2D eigenvalue weighted by molar-refractivity contribution is 7.92. The maximum absolute atomic E-state index is 12.5. The second-order valence-corrected chi connectivity index (χ2v) is 8.26. The van der Waals surface area contributed by atoms with Gasteiger partial charge in [0.05, 0.1) is 38.2 Å². The van der Waals surface area contributed by atoms with E-state index >= 15 is 0 Å². The van der Waals surface area contributed by atoms with Gasteiger partial charge in [-0.25, -0.2) is 8.42 Å². The van der Waals surface area contributed by atoms with Crippen LogP contribution in [0.2, 0.25) is 0 Å². The molecule has 2 rings (SSSR count). The highest BCUT2D eigenvalue weighted by Crippen LogP contribution is 2.38. The number of sulfonamides is 1. The van der Waals surface area contributed by atoms with Gasteiger partial charge in [-0.1, -0.05) is 6.07 Å². The van der Waals surface area contributed by atoms with E-state index in [2.05, 4.69) is 5.32 Å². The first kappa shape index (κ1) is 23.7. The number of carbonyl (C=O) groups excluding carboxylic acids is 1. The van der Waals surface area contributed by atoms with Gasteiger partial charge in [0.1, 0.15) is 6.54 Å². The number of nitrogens with one attached hydrogen (secondary N) is 1. The summed E-state index contributed by atoms with van der Waals surface area (Å²) in [6.07, 6.45) is 0.915. The predicted octanol–water partition coefficient (Wildman–Crippen LogP) is 1.70. The first-order chi connectivity index (χ1) is 14.6. The van der Waals surface area contributed by atoms with E-state index in [0.717, 1.165) is 16.6 Å². The largest absolute Gasteiger partial charge is 0.493 e. The van der Waals surface area contributed by atoms with Gasteiger partial charge in [-0.2, -0.15) is 0 Å².